The normalized spacial score (nSPS) is 47.6. The van der Waals surface area contributed by atoms with Crippen LogP contribution in [0.15, 0.2) is 0 Å². The molecule has 4 aliphatic carbocycles. The zero-order chi connectivity index (χ0) is 20.8. The standard InChI is InChI=1S/C27H46O2/c1-6-19-17-20-23-12-11-21(18(2)10-13-25(28)29-5)27(23,4)16-14-24(20)26(3)15-8-7-9-22(19)26/h18-24H,6-17H2,1-5H3/t18-,19+,20?,21?,22?,23?,24+,26?,27?/m1/s1. The predicted molar refractivity (Wildman–Crippen MR) is 119 cm³/mol. The molecule has 0 aromatic rings. The number of methoxy groups -OCH3 is 1. The molecule has 6 unspecified atom stereocenters. The lowest BCUT2D eigenvalue weighted by molar-refractivity contribution is -0.142. The van der Waals surface area contributed by atoms with Gasteiger partial charge in [-0.25, -0.2) is 0 Å². The summed E-state index contributed by atoms with van der Waals surface area (Å²) in [6, 6.07) is 0. The molecule has 166 valence electrons. The van der Waals surface area contributed by atoms with Crippen LogP contribution in [-0.4, -0.2) is 13.1 Å². The molecule has 0 spiro atoms. The summed E-state index contributed by atoms with van der Waals surface area (Å²) < 4.78 is 4.91. The van der Waals surface area contributed by atoms with Gasteiger partial charge < -0.3 is 4.74 Å². The molecule has 29 heavy (non-hydrogen) atoms. The Balaban J connectivity index is 1.53. The monoisotopic (exact) mass is 402 g/mol. The lowest BCUT2D eigenvalue weighted by Gasteiger charge is -2.63. The molecule has 0 aromatic carbocycles. The molecule has 0 bridgehead atoms. The maximum absolute atomic E-state index is 11.7. The molecule has 4 aliphatic rings. The van der Waals surface area contributed by atoms with Crippen LogP contribution in [0, 0.1) is 52.3 Å². The highest BCUT2D eigenvalue weighted by Gasteiger charge is 2.61. The molecule has 0 aromatic heterocycles. The van der Waals surface area contributed by atoms with Crippen LogP contribution in [0.3, 0.4) is 0 Å². The second kappa shape index (κ2) is 8.19. The Hall–Kier alpha value is -0.530. The van der Waals surface area contributed by atoms with Crippen molar-refractivity contribution in [2.75, 3.05) is 7.11 Å². The number of fused-ring (bicyclic) bond motifs is 5. The summed E-state index contributed by atoms with van der Waals surface area (Å²) in [6.45, 7) is 10.2. The molecule has 0 saturated heterocycles. The van der Waals surface area contributed by atoms with E-state index in [1.165, 1.54) is 71.3 Å². The molecular weight excluding hydrogens is 356 g/mol. The largest absolute Gasteiger partial charge is 0.469 e. The first-order valence-electron chi connectivity index (χ1n) is 12.9. The maximum Gasteiger partial charge on any atom is 0.305 e. The van der Waals surface area contributed by atoms with Crippen LogP contribution in [0.4, 0.5) is 0 Å². The van der Waals surface area contributed by atoms with Crippen LogP contribution >= 0.6 is 0 Å². The van der Waals surface area contributed by atoms with Crippen LogP contribution in [0.1, 0.15) is 105 Å². The van der Waals surface area contributed by atoms with Crippen molar-refractivity contribution in [3.63, 3.8) is 0 Å². The van der Waals surface area contributed by atoms with E-state index in [1.807, 2.05) is 0 Å². The van der Waals surface area contributed by atoms with Crippen molar-refractivity contribution in [3.05, 3.63) is 0 Å². The topological polar surface area (TPSA) is 26.3 Å². The zero-order valence-electron chi connectivity index (χ0n) is 19.8. The van der Waals surface area contributed by atoms with Crippen LogP contribution in [0.5, 0.6) is 0 Å². The number of hydrogen-bond acceptors (Lipinski definition) is 2. The molecule has 0 N–H and O–H groups in total. The molecule has 4 saturated carbocycles. The molecule has 9 atom stereocenters. The van der Waals surface area contributed by atoms with Gasteiger partial charge in [0.05, 0.1) is 7.11 Å². The third kappa shape index (κ3) is 3.49. The summed E-state index contributed by atoms with van der Waals surface area (Å²) in [7, 11) is 1.52. The first-order chi connectivity index (χ1) is 13.8. The second-order valence-electron chi connectivity index (χ2n) is 12.0. The minimum atomic E-state index is -0.0328. The number of carbonyl (C=O) groups excluding carboxylic acids is 1. The van der Waals surface area contributed by atoms with Gasteiger partial charge in [-0.1, -0.05) is 47.0 Å². The molecule has 4 fully saturated rings. The molecular formula is C27H46O2. The van der Waals surface area contributed by atoms with Gasteiger partial charge in [0.25, 0.3) is 0 Å². The van der Waals surface area contributed by atoms with E-state index in [0.29, 0.717) is 23.2 Å². The van der Waals surface area contributed by atoms with E-state index >= 15 is 0 Å². The van der Waals surface area contributed by atoms with E-state index in [9.17, 15) is 4.79 Å². The molecule has 0 radical (unpaired) electrons. The molecule has 2 nitrogen and oxygen atoms in total. The zero-order valence-corrected chi connectivity index (χ0v) is 19.8. The minimum absolute atomic E-state index is 0.0328. The van der Waals surface area contributed by atoms with Gasteiger partial charge in [0.2, 0.25) is 0 Å². The fourth-order valence-electron chi connectivity index (χ4n) is 9.64. The van der Waals surface area contributed by atoms with E-state index in [0.717, 1.165) is 41.9 Å². The maximum atomic E-state index is 11.7. The van der Waals surface area contributed by atoms with E-state index in [2.05, 4.69) is 27.7 Å². The van der Waals surface area contributed by atoms with Crippen molar-refractivity contribution in [2.24, 2.45) is 52.3 Å². The average Bonchev–Trinajstić information content (AvgIpc) is 3.08. The highest BCUT2D eigenvalue weighted by Crippen LogP contribution is 2.69. The Morgan fingerprint density at radius 2 is 1.76 bits per heavy atom. The molecule has 0 heterocycles. The lowest BCUT2D eigenvalue weighted by atomic mass is 9.42. The summed E-state index contributed by atoms with van der Waals surface area (Å²) in [5.74, 6) is 6.27. The fraction of sp³-hybridized carbons (Fsp3) is 0.963. The number of carbonyl (C=O) groups is 1. The van der Waals surface area contributed by atoms with Crippen LogP contribution < -0.4 is 0 Å². The SMILES string of the molecule is CC[C@H]1CC2C3CCC([C@H](C)CCC(=O)OC)C3(C)CC[C@@H]2C2(C)CCCCC12. The van der Waals surface area contributed by atoms with Crippen molar-refractivity contribution < 1.29 is 9.53 Å². The first kappa shape index (κ1) is 21.7. The van der Waals surface area contributed by atoms with Gasteiger partial charge in [-0.2, -0.15) is 0 Å². The molecule has 2 heteroatoms. The fourth-order valence-corrected chi connectivity index (χ4v) is 9.64. The summed E-state index contributed by atoms with van der Waals surface area (Å²) in [4.78, 5) is 11.7. The Bertz CT molecular complexity index is 599. The summed E-state index contributed by atoms with van der Waals surface area (Å²) in [6.07, 6.45) is 16.2. The van der Waals surface area contributed by atoms with Gasteiger partial charge in [-0.05, 0) is 104 Å². The quantitative estimate of drug-likeness (QED) is 0.452. The van der Waals surface area contributed by atoms with Crippen molar-refractivity contribution in [2.45, 2.75) is 105 Å². The van der Waals surface area contributed by atoms with Crippen LogP contribution in [-0.2, 0) is 9.53 Å². The van der Waals surface area contributed by atoms with Crippen molar-refractivity contribution in [1.29, 1.82) is 0 Å². The average molecular weight is 403 g/mol. The van der Waals surface area contributed by atoms with Crippen LogP contribution in [0.25, 0.3) is 0 Å². The molecule has 4 rings (SSSR count). The van der Waals surface area contributed by atoms with E-state index in [-0.39, 0.29) is 5.97 Å². The highest BCUT2D eigenvalue weighted by molar-refractivity contribution is 5.69. The molecule has 0 aliphatic heterocycles. The molecule has 0 amide bonds. The van der Waals surface area contributed by atoms with Gasteiger partial charge in [0.15, 0.2) is 0 Å². The van der Waals surface area contributed by atoms with Gasteiger partial charge in [-0.15, -0.1) is 0 Å². The third-order valence-corrected chi connectivity index (χ3v) is 11.1. The van der Waals surface area contributed by atoms with E-state index in [1.54, 1.807) is 0 Å². The first-order valence-corrected chi connectivity index (χ1v) is 12.9. The second-order valence-corrected chi connectivity index (χ2v) is 12.0. The predicted octanol–water partition coefficient (Wildman–Crippen LogP) is 7.26. The highest BCUT2D eigenvalue weighted by atomic mass is 16.5. The van der Waals surface area contributed by atoms with Crippen molar-refractivity contribution in [3.8, 4) is 0 Å². The van der Waals surface area contributed by atoms with Gasteiger partial charge in [0.1, 0.15) is 0 Å². The van der Waals surface area contributed by atoms with Gasteiger partial charge in [-0.3, -0.25) is 4.79 Å². The summed E-state index contributed by atoms with van der Waals surface area (Å²) in [5, 5.41) is 0. The number of hydrogen-bond donors (Lipinski definition) is 0. The Labute approximate surface area is 179 Å². The van der Waals surface area contributed by atoms with Crippen molar-refractivity contribution >= 4 is 5.97 Å². The Morgan fingerprint density at radius 1 is 1.00 bits per heavy atom. The number of ether oxygens (including phenoxy) is 1. The number of esters is 1. The Kier molecular flexibility index (Phi) is 6.13. The smallest absolute Gasteiger partial charge is 0.305 e. The third-order valence-electron chi connectivity index (χ3n) is 11.1. The van der Waals surface area contributed by atoms with Gasteiger partial charge in [0, 0.05) is 6.42 Å². The minimum Gasteiger partial charge on any atom is -0.469 e. The number of rotatable bonds is 5. The summed E-state index contributed by atoms with van der Waals surface area (Å²) in [5.41, 5.74) is 1.13. The Morgan fingerprint density at radius 3 is 2.48 bits per heavy atom. The van der Waals surface area contributed by atoms with E-state index < -0.39 is 0 Å². The van der Waals surface area contributed by atoms with E-state index in [4.69, 9.17) is 4.74 Å². The van der Waals surface area contributed by atoms with Crippen molar-refractivity contribution in [1.82, 2.24) is 0 Å². The van der Waals surface area contributed by atoms with Crippen LogP contribution in [0.2, 0.25) is 0 Å². The van der Waals surface area contributed by atoms with Gasteiger partial charge >= 0.3 is 5.97 Å². The lowest BCUT2D eigenvalue weighted by Crippen LogP contribution is -2.55. The summed E-state index contributed by atoms with van der Waals surface area (Å²) >= 11 is 0.